The van der Waals surface area contributed by atoms with Gasteiger partial charge in [-0.3, -0.25) is 9.69 Å². The average molecular weight is 379 g/mol. The molecule has 1 fully saturated rings. The fourth-order valence-corrected chi connectivity index (χ4v) is 3.26. The van der Waals surface area contributed by atoms with Gasteiger partial charge in [0.2, 0.25) is 17.7 Å². The number of halogens is 1. The Bertz CT molecular complexity index is 680. The van der Waals surface area contributed by atoms with Crippen LogP contribution in [0.2, 0.25) is 0 Å². The van der Waals surface area contributed by atoms with Gasteiger partial charge in [0.25, 0.3) is 0 Å². The van der Waals surface area contributed by atoms with Crippen LogP contribution in [0.1, 0.15) is 18.7 Å². The molecule has 7 heteroatoms. The number of hydrogen-bond acceptors (Lipinski definition) is 5. The summed E-state index contributed by atoms with van der Waals surface area (Å²) < 4.78 is 6.71. The SMILES string of the molecule is CNC(=O)C1CCN(Cc2nnc(-c3ccccc3Br)o2)CC1. The Morgan fingerprint density at radius 3 is 2.78 bits per heavy atom. The largest absolute Gasteiger partial charge is 0.419 e. The number of nitrogens with zero attached hydrogens (tertiary/aromatic N) is 3. The molecule has 1 amide bonds. The second-order valence-electron chi connectivity index (χ2n) is 5.65. The third kappa shape index (κ3) is 3.79. The van der Waals surface area contributed by atoms with Crippen LogP contribution in [0.15, 0.2) is 33.2 Å². The van der Waals surface area contributed by atoms with Crippen molar-refractivity contribution in [1.82, 2.24) is 20.4 Å². The van der Waals surface area contributed by atoms with Crippen LogP contribution >= 0.6 is 15.9 Å². The van der Waals surface area contributed by atoms with E-state index in [-0.39, 0.29) is 11.8 Å². The van der Waals surface area contributed by atoms with Gasteiger partial charge in [0.1, 0.15) is 0 Å². The zero-order chi connectivity index (χ0) is 16.2. The van der Waals surface area contributed by atoms with Crippen molar-refractivity contribution in [2.24, 2.45) is 5.92 Å². The van der Waals surface area contributed by atoms with Crippen LogP contribution in [0.4, 0.5) is 0 Å². The van der Waals surface area contributed by atoms with E-state index in [1.165, 1.54) is 0 Å². The fraction of sp³-hybridized carbons (Fsp3) is 0.438. The van der Waals surface area contributed by atoms with Gasteiger partial charge in [0.05, 0.1) is 12.1 Å². The lowest BCUT2D eigenvalue weighted by Crippen LogP contribution is -2.39. The Kier molecular flexibility index (Phi) is 5.07. The highest BCUT2D eigenvalue weighted by atomic mass is 79.9. The highest BCUT2D eigenvalue weighted by Gasteiger charge is 2.25. The molecular formula is C16H19BrN4O2. The molecule has 6 nitrogen and oxygen atoms in total. The summed E-state index contributed by atoms with van der Waals surface area (Å²) in [4.78, 5) is 13.9. The van der Waals surface area contributed by atoms with E-state index in [9.17, 15) is 4.79 Å². The number of nitrogens with one attached hydrogen (secondary N) is 1. The third-order valence-electron chi connectivity index (χ3n) is 4.13. The first-order valence-electron chi connectivity index (χ1n) is 7.68. The van der Waals surface area contributed by atoms with E-state index < -0.39 is 0 Å². The Morgan fingerprint density at radius 1 is 1.35 bits per heavy atom. The van der Waals surface area contributed by atoms with E-state index in [1.54, 1.807) is 7.05 Å². The van der Waals surface area contributed by atoms with Gasteiger partial charge in [-0.15, -0.1) is 10.2 Å². The summed E-state index contributed by atoms with van der Waals surface area (Å²) in [6.07, 6.45) is 1.73. The van der Waals surface area contributed by atoms with Crippen molar-refractivity contribution in [3.8, 4) is 11.5 Å². The summed E-state index contributed by atoms with van der Waals surface area (Å²) in [6.45, 7) is 2.35. The normalized spacial score (nSPS) is 16.4. The minimum atomic E-state index is 0.120. The number of carbonyl (C=O) groups is 1. The Balaban J connectivity index is 1.60. The highest BCUT2D eigenvalue weighted by molar-refractivity contribution is 9.10. The summed E-state index contributed by atoms with van der Waals surface area (Å²) in [5, 5.41) is 11.0. The molecule has 3 rings (SSSR count). The number of likely N-dealkylation sites (tertiary alicyclic amines) is 1. The van der Waals surface area contributed by atoms with Gasteiger partial charge in [-0.05, 0) is 54.0 Å². The van der Waals surface area contributed by atoms with Gasteiger partial charge in [-0.25, -0.2) is 0 Å². The molecule has 2 aromatic rings. The van der Waals surface area contributed by atoms with Crippen LogP contribution in [0, 0.1) is 5.92 Å². The predicted octanol–water partition coefficient (Wildman–Crippen LogP) is 2.46. The molecule has 0 radical (unpaired) electrons. The van der Waals surface area contributed by atoms with Crippen LogP contribution < -0.4 is 5.32 Å². The van der Waals surface area contributed by atoms with Crippen LogP contribution in [0.3, 0.4) is 0 Å². The molecule has 122 valence electrons. The Hall–Kier alpha value is -1.73. The predicted molar refractivity (Wildman–Crippen MR) is 89.5 cm³/mol. The lowest BCUT2D eigenvalue weighted by molar-refractivity contribution is -0.125. The molecule has 0 atom stereocenters. The first-order chi connectivity index (χ1) is 11.2. The lowest BCUT2D eigenvalue weighted by Gasteiger charge is -2.29. The molecule has 0 spiro atoms. The van der Waals surface area contributed by atoms with Crippen molar-refractivity contribution >= 4 is 21.8 Å². The van der Waals surface area contributed by atoms with E-state index in [0.717, 1.165) is 36.0 Å². The monoisotopic (exact) mass is 378 g/mol. The van der Waals surface area contributed by atoms with Crippen molar-refractivity contribution in [1.29, 1.82) is 0 Å². The molecule has 1 aromatic heterocycles. The fourth-order valence-electron chi connectivity index (χ4n) is 2.81. The van der Waals surface area contributed by atoms with Crippen molar-refractivity contribution in [2.45, 2.75) is 19.4 Å². The molecule has 0 bridgehead atoms. The van der Waals surface area contributed by atoms with E-state index in [1.807, 2.05) is 24.3 Å². The number of rotatable bonds is 4. The summed E-state index contributed by atoms with van der Waals surface area (Å²) in [5.41, 5.74) is 0.893. The zero-order valence-electron chi connectivity index (χ0n) is 13.0. The van der Waals surface area contributed by atoms with Crippen LogP contribution in [0.5, 0.6) is 0 Å². The number of amides is 1. The van der Waals surface area contributed by atoms with Crippen LogP contribution in [-0.2, 0) is 11.3 Å². The van der Waals surface area contributed by atoms with E-state index in [2.05, 4.69) is 36.3 Å². The van der Waals surface area contributed by atoms with Crippen molar-refractivity contribution in [3.05, 3.63) is 34.6 Å². The van der Waals surface area contributed by atoms with Gasteiger partial charge >= 0.3 is 0 Å². The van der Waals surface area contributed by atoms with Gasteiger partial charge in [0, 0.05) is 17.4 Å². The summed E-state index contributed by atoms with van der Waals surface area (Å²) >= 11 is 3.49. The van der Waals surface area contributed by atoms with Crippen molar-refractivity contribution < 1.29 is 9.21 Å². The standard InChI is InChI=1S/C16H19BrN4O2/c1-18-15(22)11-6-8-21(9-7-11)10-14-19-20-16(23-14)12-4-2-3-5-13(12)17/h2-5,11H,6-10H2,1H3,(H,18,22). The molecule has 1 aromatic carbocycles. The average Bonchev–Trinajstić information content (AvgIpc) is 3.03. The first-order valence-corrected chi connectivity index (χ1v) is 8.48. The highest BCUT2D eigenvalue weighted by Crippen LogP contribution is 2.27. The van der Waals surface area contributed by atoms with Gasteiger partial charge in [-0.2, -0.15) is 0 Å². The summed E-state index contributed by atoms with van der Waals surface area (Å²) in [7, 11) is 1.69. The Morgan fingerprint density at radius 2 is 2.09 bits per heavy atom. The molecule has 0 unspecified atom stereocenters. The third-order valence-corrected chi connectivity index (χ3v) is 4.83. The number of aromatic nitrogens is 2. The zero-order valence-corrected chi connectivity index (χ0v) is 14.5. The summed E-state index contributed by atoms with van der Waals surface area (Å²) in [5.74, 6) is 1.38. The maximum absolute atomic E-state index is 11.6. The van der Waals surface area contributed by atoms with E-state index in [4.69, 9.17) is 4.42 Å². The number of piperidine rings is 1. The minimum absolute atomic E-state index is 0.120. The molecule has 1 N–H and O–H groups in total. The first kappa shape index (κ1) is 16.1. The quantitative estimate of drug-likeness (QED) is 0.884. The number of benzene rings is 1. The van der Waals surface area contributed by atoms with Gasteiger partial charge in [-0.1, -0.05) is 12.1 Å². The molecule has 1 aliphatic rings. The second-order valence-corrected chi connectivity index (χ2v) is 6.50. The van der Waals surface area contributed by atoms with Crippen LogP contribution in [-0.4, -0.2) is 41.1 Å². The number of carbonyl (C=O) groups excluding carboxylic acids is 1. The molecule has 23 heavy (non-hydrogen) atoms. The van der Waals surface area contributed by atoms with Crippen molar-refractivity contribution in [3.63, 3.8) is 0 Å². The lowest BCUT2D eigenvalue weighted by atomic mass is 9.96. The molecule has 2 heterocycles. The molecule has 1 saturated heterocycles. The van der Waals surface area contributed by atoms with E-state index in [0.29, 0.717) is 18.3 Å². The smallest absolute Gasteiger partial charge is 0.248 e. The topological polar surface area (TPSA) is 71.3 Å². The van der Waals surface area contributed by atoms with Crippen molar-refractivity contribution in [2.75, 3.05) is 20.1 Å². The van der Waals surface area contributed by atoms with Gasteiger partial charge < -0.3 is 9.73 Å². The van der Waals surface area contributed by atoms with Gasteiger partial charge in [0.15, 0.2) is 0 Å². The minimum Gasteiger partial charge on any atom is -0.419 e. The maximum Gasteiger partial charge on any atom is 0.248 e. The summed E-state index contributed by atoms with van der Waals surface area (Å²) in [6, 6.07) is 7.77. The molecular weight excluding hydrogens is 360 g/mol. The molecule has 1 aliphatic heterocycles. The second kappa shape index (κ2) is 7.23. The molecule has 0 saturated carbocycles. The van der Waals surface area contributed by atoms with Crippen LogP contribution in [0.25, 0.3) is 11.5 Å². The molecule has 0 aliphatic carbocycles. The van der Waals surface area contributed by atoms with E-state index >= 15 is 0 Å². The number of hydrogen-bond donors (Lipinski definition) is 1. The maximum atomic E-state index is 11.6. The Labute approximate surface area is 143 Å².